The van der Waals surface area contributed by atoms with E-state index in [1.807, 2.05) is 12.1 Å². The van der Waals surface area contributed by atoms with Crippen LogP contribution in [0.1, 0.15) is 19.8 Å². The molecule has 1 unspecified atom stereocenters. The number of hydrogen-bond acceptors (Lipinski definition) is 2. The fraction of sp³-hybridized carbons (Fsp3) is 0.167. The van der Waals surface area contributed by atoms with E-state index >= 15 is 0 Å². The molecule has 0 heterocycles. The SMILES string of the molecule is CC(=O)OC(CCCP(c1ccccc1)c1ccccc1)P(c1ccccc1)c1ccccc1. The summed E-state index contributed by atoms with van der Waals surface area (Å²) in [6.45, 7) is 1.53. The molecule has 0 bridgehead atoms. The molecule has 0 aliphatic rings. The van der Waals surface area contributed by atoms with E-state index in [-0.39, 0.29) is 11.8 Å². The van der Waals surface area contributed by atoms with Crippen molar-refractivity contribution >= 4 is 43.0 Å². The van der Waals surface area contributed by atoms with Gasteiger partial charge < -0.3 is 4.74 Å². The Morgan fingerprint density at radius 3 is 1.41 bits per heavy atom. The lowest BCUT2D eigenvalue weighted by Crippen LogP contribution is -2.26. The maximum Gasteiger partial charge on any atom is 0.303 e. The minimum atomic E-state index is -0.822. The molecule has 0 aliphatic heterocycles. The van der Waals surface area contributed by atoms with Gasteiger partial charge in [0.1, 0.15) is 5.85 Å². The van der Waals surface area contributed by atoms with Gasteiger partial charge in [-0.05, 0) is 56.1 Å². The van der Waals surface area contributed by atoms with Gasteiger partial charge in [-0.1, -0.05) is 121 Å². The first-order valence-corrected chi connectivity index (χ1v) is 14.6. The van der Waals surface area contributed by atoms with Crippen molar-refractivity contribution in [3.05, 3.63) is 121 Å². The van der Waals surface area contributed by atoms with Crippen LogP contribution >= 0.6 is 15.8 Å². The van der Waals surface area contributed by atoms with E-state index < -0.39 is 15.8 Å². The Balaban J connectivity index is 1.58. The summed E-state index contributed by atoms with van der Waals surface area (Å²) in [5.41, 5.74) is 0. The third-order valence-electron chi connectivity index (χ3n) is 5.63. The van der Waals surface area contributed by atoms with Crippen molar-refractivity contribution in [2.45, 2.75) is 25.6 Å². The molecule has 0 aliphatic carbocycles. The van der Waals surface area contributed by atoms with Gasteiger partial charge in [-0.3, -0.25) is 4.79 Å². The lowest BCUT2D eigenvalue weighted by Gasteiger charge is -2.29. The van der Waals surface area contributed by atoms with Crippen LogP contribution in [0.3, 0.4) is 0 Å². The zero-order valence-corrected chi connectivity index (χ0v) is 21.2. The summed E-state index contributed by atoms with van der Waals surface area (Å²) in [6, 6.07) is 42.6. The van der Waals surface area contributed by atoms with Gasteiger partial charge in [-0.25, -0.2) is 0 Å². The highest BCUT2D eigenvalue weighted by Gasteiger charge is 2.27. The second kappa shape index (κ2) is 12.6. The molecule has 0 fully saturated rings. The topological polar surface area (TPSA) is 26.3 Å². The predicted molar refractivity (Wildman–Crippen MR) is 148 cm³/mol. The number of carbonyl (C=O) groups is 1. The van der Waals surface area contributed by atoms with Gasteiger partial charge in [0, 0.05) is 6.92 Å². The molecule has 4 rings (SSSR count). The largest absolute Gasteiger partial charge is 0.457 e. The maximum absolute atomic E-state index is 12.2. The van der Waals surface area contributed by atoms with E-state index in [9.17, 15) is 4.79 Å². The highest BCUT2D eigenvalue weighted by molar-refractivity contribution is 7.73. The molecular weight excluding hydrogens is 454 g/mol. The lowest BCUT2D eigenvalue weighted by atomic mass is 10.3. The van der Waals surface area contributed by atoms with Crippen LogP contribution in [0.2, 0.25) is 0 Å². The van der Waals surface area contributed by atoms with Crippen molar-refractivity contribution in [1.29, 1.82) is 0 Å². The van der Waals surface area contributed by atoms with E-state index in [0.717, 1.165) is 19.0 Å². The summed E-state index contributed by atoms with van der Waals surface area (Å²) < 4.78 is 6.01. The Morgan fingerprint density at radius 2 is 1.03 bits per heavy atom. The smallest absolute Gasteiger partial charge is 0.303 e. The van der Waals surface area contributed by atoms with Gasteiger partial charge in [0.15, 0.2) is 0 Å². The van der Waals surface area contributed by atoms with E-state index in [1.54, 1.807) is 0 Å². The summed E-state index contributed by atoms with van der Waals surface area (Å²) in [5.74, 6) is -0.363. The average Bonchev–Trinajstić information content (AvgIpc) is 2.89. The first kappa shape index (κ1) is 24.3. The van der Waals surface area contributed by atoms with Crippen molar-refractivity contribution in [3.8, 4) is 0 Å². The molecule has 0 spiro atoms. The lowest BCUT2D eigenvalue weighted by molar-refractivity contribution is -0.142. The predicted octanol–water partition coefficient (Wildman–Crippen LogP) is 5.92. The first-order chi connectivity index (χ1) is 16.7. The van der Waals surface area contributed by atoms with Crippen molar-refractivity contribution in [2.24, 2.45) is 0 Å². The van der Waals surface area contributed by atoms with Crippen LogP contribution in [-0.2, 0) is 9.53 Å². The Hall–Kier alpha value is -2.79. The van der Waals surface area contributed by atoms with Crippen LogP contribution in [0.4, 0.5) is 0 Å². The van der Waals surface area contributed by atoms with Crippen LogP contribution in [0, 0.1) is 0 Å². The molecule has 0 aromatic heterocycles. The molecule has 0 radical (unpaired) electrons. The molecule has 1 atom stereocenters. The zero-order chi connectivity index (χ0) is 23.6. The summed E-state index contributed by atoms with van der Waals surface area (Å²) in [5, 5.41) is 5.26. The van der Waals surface area contributed by atoms with Crippen molar-refractivity contribution in [3.63, 3.8) is 0 Å². The van der Waals surface area contributed by atoms with Crippen LogP contribution in [-0.4, -0.2) is 18.0 Å². The van der Waals surface area contributed by atoms with Crippen molar-refractivity contribution in [1.82, 2.24) is 0 Å². The first-order valence-electron chi connectivity index (χ1n) is 11.7. The average molecular weight is 485 g/mol. The summed E-state index contributed by atoms with van der Waals surface area (Å²) in [6.07, 6.45) is 2.90. The fourth-order valence-electron chi connectivity index (χ4n) is 4.14. The molecule has 4 aromatic carbocycles. The molecule has 0 N–H and O–H groups in total. The Kier molecular flexibility index (Phi) is 9.03. The fourth-order valence-corrected chi connectivity index (χ4v) is 9.16. The number of carbonyl (C=O) groups excluding carboxylic acids is 1. The van der Waals surface area contributed by atoms with Gasteiger partial charge in [-0.2, -0.15) is 0 Å². The van der Waals surface area contributed by atoms with Crippen LogP contribution in [0.5, 0.6) is 0 Å². The Labute approximate surface area is 205 Å². The Bertz CT molecular complexity index is 1060. The van der Waals surface area contributed by atoms with E-state index in [2.05, 4.69) is 109 Å². The molecule has 4 aromatic rings. The highest BCUT2D eigenvalue weighted by Crippen LogP contribution is 2.44. The minimum absolute atomic E-state index is 0.152. The molecule has 4 heteroatoms. The summed E-state index contributed by atoms with van der Waals surface area (Å²) in [7, 11) is -1.28. The third-order valence-corrected chi connectivity index (χ3v) is 10.9. The zero-order valence-electron chi connectivity index (χ0n) is 19.5. The molecule has 2 nitrogen and oxygen atoms in total. The van der Waals surface area contributed by atoms with E-state index in [4.69, 9.17) is 4.74 Å². The van der Waals surface area contributed by atoms with Gasteiger partial charge in [0.25, 0.3) is 0 Å². The standard InChI is InChI=1S/C30H30O2P2/c1-25(31)32-30(34(28-19-10-4-11-20-28)29-21-12-5-13-22-29)23-14-24-33(26-15-6-2-7-16-26)27-17-8-3-9-18-27/h2-13,15-22,30H,14,23-24H2,1H3. The number of ether oxygens (including phenoxy) is 1. The minimum Gasteiger partial charge on any atom is -0.457 e. The van der Waals surface area contributed by atoms with E-state index in [1.165, 1.54) is 28.1 Å². The quantitative estimate of drug-likeness (QED) is 0.206. The number of rotatable bonds is 10. The van der Waals surface area contributed by atoms with Gasteiger partial charge >= 0.3 is 5.97 Å². The third kappa shape index (κ3) is 6.63. The Morgan fingerprint density at radius 1 is 0.647 bits per heavy atom. The highest BCUT2D eigenvalue weighted by atomic mass is 31.1. The van der Waals surface area contributed by atoms with Gasteiger partial charge in [0.05, 0.1) is 0 Å². The number of esters is 1. The number of hydrogen-bond donors (Lipinski definition) is 0. The molecule has 0 saturated carbocycles. The van der Waals surface area contributed by atoms with Crippen molar-refractivity contribution in [2.75, 3.05) is 6.16 Å². The molecule has 172 valence electrons. The van der Waals surface area contributed by atoms with Crippen LogP contribution in [0.15, 0.2) is 121 Å². The van der Waals surface area contributed by atoms with Crippen LogP contribution < -0.4 is 21.2 Å². The maximum atomic E-state index is 12.2. The van der Waals surface area contributed by atoms with Crippen LogP contribution in [0.25, 0.3) is 0 Å². The molecular formula is C30H30O2P2. The molecule has 34 heavy (non-hydrogen) atoms. The summed E-state index contributed by atoms with van der Waals surface area (Å²) in [4.78, 5) is 12.2. The molecule has 0 amide bonds. The van der Waals surface area contributed by atoms with Gasteiger partial charge in [-0.15, -0.1) is 0 Å². The number of benzene rings is 4. The van der Waals surface area contributed by atoms with Crippen molar-refractivity contribution < 1.29 is 9.53 Å². The normalized spacial score (nSPS) is 12.0. The van der Waals surface area contributed by atoms with E-state index in [0.29, 0.717) is 0 Å². The second-order valence-corrected chi connectivity index (χ2v) is 12.8. The molecule has 0 saturated heterocycles. The summed E-state index contributed by atoms with van der Waals surface area (Å²) >= 11 is 0. The second-order valence-electron chi connectivity index (χ2n) is 8.07. The van der Waals surface area contributed by atoms with Gasteiger partial charge in [0.2, 0.25) is 0 Å². The monoisotopic (exact) mass is 484 g/mol.